The van der Waals surface area contributed by atoms with Gasteiger partial charge in [0.1, 0.15) is 5.69 Å². The Morgan fingerprint density at radius 3 is 2.35 bits per heavy atom. The molecule has 2 amide bonds. The van der Waals surface area contributed by atoms with Gasteiger partial charge in [-0.25, -0.2) is 4.98 Å². The van der Waals surface area contributed by atoms with Crippen molar-refractivity contribution in [2.24, 2.45) is 0 Å². The van der Waals surface area contributed by atoms with E-state index in [4.69, 9.17) is 0 Å². The molecule has 0 unspecified atom stereocenters. The first-order valence-corrected chi connectivity index (χ1v) is 8.56. The van der Waals surface area contributed by atoms with Crippen molar-refractivity contribution in [2.45, 2.75) is 6.92 Å². The normalized spacial score (nSPS) is 10.3. The highest BCUT2D eigenvalue weighted by molar-refractivity contribution is 7.12. The first kappa shape index (κ1) is 15.4. The van der Waals surface area contributed by atoms with E-state index < -0.39 is 0 Å². The van der Waals surface area contributed by atoms with Crippen LogP contribution in [0.5, 0.6) is 0 Å². The number of hydrogen-bond donors (Lipinski definition) is 2. The summed E-state index contributed by atoms with van der Waals surface area (Å²) >= 11 is 2.80. The van der Waals surface area contributed by atoms with Crippen LogP contribution in [0.15, 0.2) is 47.2 Å². The maximum absolute atomic E-state index is 12.1. The molecule has 0 aliphatic rings. The standard InChI is InChI=1S/C16H13N3O2S2/c1-10-17-13(9-23-10)15(20)18-11-4-2-5-12(8-11)19-16(21)14-6-3-7-22-14/h2-9H,1H3,(H,18,20)(H,19,21). The van der Waals surface area contributed by atoms with E-state index in [1.165, 1.54) is 22.7 Å². The summed E-state index contributed by atoms with van der Waals surface area (Å²) in [6.07, 6.45) is 0. The van der Waals surface area contributed by atoms with Gasteiger partial charge in [0.25, 0.3) is 11.8 Å². The average Bonchev–Trinajstić information content (AvgIpc) is 3.18. The smallest absolute Gasteiger partial charge is 0.275 e. The van der Waals surface area contributed by atoms with Gasteiger partial charge in [0, 0.05) is 16.8 Å². The number of aromatic nitrogens is 1. The number of thiophene rings is 1. The summed E-state index contributed by atoms with van der Waals surface area (Å²) in [4.78, 5) is 28.9. The van der Waals surface area contributed by atoms with Gasteiger partial charge in [-0.1, -0.05) is 12.1 Å². The van der Waals surface area contributed by atoms with Gasteiger partial charge in [-0.05, 0) is 36.6 Å². The minimum atomic E-state index is -0.268. The van der Waals surface area contributed by atoms with E-state index in [2.05, 4.69) is 15.6 Å². The molecular weight excluding hydrogens is 330 g/mol. The van der Waals surface area contributed by atoms with Gasteiger partial charge < -0.3 is 10.6 Å². The second kappa shape index (κ2) is 6.72. The summed E-state index contributed by atoms with van der Waals surface area (Å²) in [6.45, 7) is 1.85. The number of carbonyl (C=O) groups excluding carboxylic acids is 2. The Labute approximate surface area is 141 Å². The minimum absolute atomic E-state index is 0.168. The Kier molecular flexibility index (Phi) is 4.50. The van der Waals surface area contributed by atoms with E-state index in [-0.39, 0.29) is 11.8 Å². The predicted octanol–water partition coefficient (Wildman–Crippen LogP) is 4.02. The van der Waals surface area contributed by atoms with Gasteiger partial charge in [0.2, 0.25) is 0 Å². The van der Waals surface area contributed by atoms with E-state index in [1.54, 1.807) is 35.7 Å². The highest BCUT2D eigenvalue weighted by Crippen LogP contribution is 2.18. The first-order valence-electron chi connectivity index (χ1n) is 6.80. The lowest BCUT2D eigenvalue weighted by Gasteiger charge is -2.07. The van der Waals surface area contributed by atoms with Crippen LogP contribution >= 0.6 is 22.7 Å². The third kappa shape index (κ3) is 3.82. The highest BCUT2D eigenvalue weighted by atomic mass is 32.1. The number of hydrogen-bond acceptors (Lipinski definition) is 5. The number of rotatable bonds is 4. The van der Waals surface area contributed by atoms with Crippen molar-refractivity contribution < 1.29 is 9.59 Å². The number of thiazole rings is 1. The third-order valence-electron chi connectivity index (χ3n) is 2.97. The van der Waals surface area contributed by atoms with Crippen LogP contribution in [0, 0.1) is 6.92 Å². The van der Waals surface area contributed by atoms with Gasteiger partial charge in [0.15, 0.2) is 0 Å². The van der Waals surface area contributed by atoms with Crippen molar-refractivity contribution >= 4 is 45.9 Å². The fourth-order valence-corrected chi connectivity index (χ4v) is 3.15. The molecule has 0 atom stereocenters. The quantitative estimate of drug-likeness (QED) is 0.751. The molecule has 23 heavy (non-hydrogen) atoms. The molecule has 7 heteroatoms. The predicted molar refractivity (Wildman–Crippen MR) is 93.5 cm³/mol. The molecule has 0 bridgehead atoms. The van der Waals surface area contributed by atoms with E-state index in [0.29, 0.717) is 21.9 Å². The summed E-state index contributed by atoms with van der Waals surface area (Å²) in [5.74, 6) is -0.435. The summed E-state index contributed by atoms with van der Waals surface area (Å²) in [6, 6.07) is 10.6. The Balaban J connectivity index is 1.70. The van der Waals surface area contributed by atoms with Crippen LogP contribution < -0.4 is 10.6 Å². The van der Waals surface area contributed by atoms with Crippen molar-refractivity contribution in [3.05, 3.63) is 62.7 Å². The lowest BCUT2D eigenvalue weighted by Crippen LogP contribution is -2.13. The number of anilines is 2. The number of amides is 2. The molecule has 116 valence electrons. The zero-order chi connectivity index (χ0) is 16.2. The summed E-state index contributed by atoms with van der Waals surface area (Å²) in [5.41, 5.74) is 1.61. The molecule has 3 aromatic rings. The molecule has 2 N–H and O–H groups in total. The Hall–Kier alpha value is -2.51. The van der Waals surface area contributed by atoms with Gasteiger partial charge >= 0.3 is 0 Å². The van der Waals surface area contributed by atoms with Crippen LogP contribution in [0.2, 0.25) is 0 Å². The van der Waals surface area contributed by atoms with Crippen LogP contribution in [0.4, 0.5) is 11.4 Å². The SMILES string of the molecule is Cc1nc(C(=O)Nc2cccc(NC(=O)c3cccs3)c2)cs1. The Morgan fingerprint density at radius 2 is 1.74 bits per heavy atom. The molecule has 2 heterocycles. The highest BCUT2D eigenvalue weighted by Gasteiger charge is 2.11. The minimum Gasteiger partial charge on any atom is -0.321 e. The zero-order valence-corrected chi connectivity index (χ0v) is 13.8. The van der Waals surface area contributed by atoms with Crippen LogP contribution in [0.3, 0.4) is 0 Å². The zero-order valence-electron chi connectivity index (χ0n) is 12.2. The Morgan fingerprint density at radius 1 is 1.00 bits per heavy atom. The molecule has 0 aliphatic carbocycles. The number of aryl methyl sites for hydroxylation is 1. The van der Waals surface area contributed by atoms with Gasteiger partial charge in [-0.2, -0.15) is 0 Å². The summed E-state index contributed by atoms with van der Waals surface area (Å²) < 4.78 is 0. The molecule has 0 saturated heterocycles. The molecule has 0 spiro atoms. The van der Waals surface area contributed by atoms with E-state index in [9.17, 15) is 9.59 Å². The molecule has 0 aliphatic heterocycles. The number of benzene rings is 1. The van der Waals surface area contributed by atoms with Crippen molar-refractivity contribution in [2.75, 3.05) is 10.6 Å². The van der Waals surface area contributed by atoms with Crippen LogP contribution in [-0.4, -0.2) is 16.8 Å². The van der Waals surface area contributed by atoms with Crippen LogP contribution in [0.1, 0.15) is 25.2 Å². The summed E-state index contributed by atoms with van der Waals surface area (Å²) in [5, 5.41) is 9.99. The molecule has 5 nitrogen and oxygen atoms in total. The van der Waals surface area contributed by atoms with Gasteiger partial charge in [-0.3, -0.25) is 9.59 Å². The molecular formula is C16H13N3O2S2. The first-order chi connectivity index (χ1) is 11.1. The summed E-state index contributed by atoms with van der Waals surface area (Å²) in [7, 11) is 0. The fourth-order valence-electron chi connectivity index (χ4n) is 1.94. The molecule has 3 rings (SSSR count). The number of carbonyl (C=O) groups is 2. The number of nitrogens with zero attached hydrogens (tertiary/aromatic N) is 1. The topological polar surface area (TPSA) is 71.1 Å². The maximum Gasteiger partial charge on any atom is 0.275 e. The Bertz CT molecular complexity index is 841. The lowest BCUT2D eigenvalue weighted by atomic mass is 10.2. The molecule has 2 aromatic heterocycles. The van der Waals surface area contributed by atoms with E-state index >= 15 is 0 Å². The fraction of sp³-hybridized carbons (Fsp3) is 0.0625. The number of nitrogens with one attached hydrogen (secondary N) is 2. The largest absolute Gasteiger partial charge is 0.321 e. The van der Waals surface area contributed by atoms with E-state index in [1.807, 2.05) is 18.4 Å². The second-order valence-corrected chi connectivity index (χ2v) is 6.73. The van der Waals surface area contributed by atoms with Crippen molar-refractivity contribution in [3.63, 3.8) is 0 Å². The van der Waals surface area contributed by atoms with Gasteiger partial charge in [-0.15, -0.1) is 22.7 Å². The van der Waals surface area contributed by atoms with Crippen molar-refractivity contribution in [3.8, 4) is 0 Å². The van der Waals surface area contributed by atoms with Crippen LogP contribution in [0.25, 0.3) is 0 Å². The molecule has 0 fully saturated rings. The lowest BCUT2D eigenvalue weighted by molar-refractivity contribution is 0.101. The van der Waals surface area contributed by atoms with E-state index in [0.717, 1.165) is 5.01 Å². The average molecular weight is 343 g/mol. The van der Waals surface area contributed by atoms with Gasteiger partial charge in [0.05, 0.1) is 9.88 Å². The molecule has 0 radical (unpaired) electrons. The maximum atomic E-state index is 12.1. The third-order valence-corrected chi connectivity index (χ3v) is 4.62. The monoisotopic (exact) mass is 343 g/mol. The molecule has 1 aromatic carbocycles. The molecule has 0 saturated carbocycles. The van der Waals surface area contributed by atoms with Crippen LogP contribution in [-0.2, 0) is 0 Å². The van der Waals surface area contributed by atoms with Crippen molar-refractivity contribution in [1.82, 2.24) is 4.98 Å². The second-order valence-electron chi connectivity index (χ2n) is 4.72. The van der Waals surface area contributed by atoms with Crippen molar-refractivity contribution in [1.29, 1.82) is 0 Å².